The largest absolute Gasteiger partial charge is 0.495 e. The third kappa shape index (κ3) is 6.67. The third-order valence-corrected chi connectivity index (χ3v) is 6.23. The van der Waals surface area contributed by atoms with Crippen LogP contribution in [-0.4, -0.2) is 57.6 Å². The molecule has 0 saturated heterocycles. The number of methoxy groups -OCH3 is 1. The van der Waals surface area contributed by atoms with Crippen LogP contribution in [0.5, 0.6) is 5.75 Å². The fraction of sp³-hybridized carbons (Fsp3) is 0.391. The summed E-state index contributed by atoms with van der Waals surface area (Å²) < 4.78 is 45.9. The van der Waals surface area contributed by atoms with Crippen molar-refractivity contribution in [3.63, 3.8) is 0 Å². The zero-order valence-corrected chi connectivity index (χ0v) is 20.3. The number of ether oxygens (including phenoxy) is 1. The van der Waals surface area contributed by atoms with Gasteiger partial charge in [-0.05, 0) is 44.5 Å². The lowest BCUT2D eigenvalue weighted by Gasteiger charge is -2.32. The molecule has 0 spiro atoms. The molecular formula is C23H30FN3O5S. The van der Waals surface area contributed by atoms with Gasteiger partial charge in [0.15, 0.2) is 0 Å². The van der Waals surface area contributed by atoms with Crippen LogP contribution in [0.15, 0.2) is 42.5 Å². The third-order valence-electron chi connectivity index (χ3n) is 5.10. The number of sulfonamides is 1. The molecule has 0 saturated carbocycles. The number of hydrogen-bond donors (Lipinski definition) is 1. The van der Waals surface area contributed by atoms with Gasteiger partial charge in [0.1, 0.15) is 24.2 Å². The molecule has 10 heteroatoms. The van der Waals surface area contributed by atoms with Gasteiger partial charge in [0, 0.05) is 18.7 Å². The highest BCUT2D eigenvalue weighted by Crippen LogP contribution is 2.31. The van der Waals surface area contributed by atoms with E-state index in [1.807, 2.05) is 0 Å². The van der Waals surface area contributed by atoms with Crippen LogP contribution in [0.2, 0.25) is 0 Å². The van der Waals surface area contributed by atoms with Crippen molar-refractivity contribution in [2.45, 2.75) is 33.4 Å². The van der Waals surface area contributed by atoms with Gasteiger partial charge in [-0.15, -0.1) is 0 Å². The summed E-state index contributed by atoms with van der Waals surface area (Å²) in [5, 5.41) is 2.64. The molecular weight excluding hydrogens is 449 g/mol. The molecule has 33 heavy (non-hydrogen) atoms. The van der Waals surface area contributed by atoms with E-state index in [1.165, 1.54) is 37.1 Å². The number of hydrogen-bond acceptors (Lipinski definition) is 5. The summed E-state index contributed by atoms with van der Waals surface area (Å²) in [5.41, 5.74) is 1.18. The Morgan fingerprint density at radius 2 is 1.85 bits per heavy atom. The normalized spacial score (nSPS) is 12.1. The van der Waals surface area contributed by atoms with E-state index in [-0.39, 0.29) is 23.5 Å². The number of nitrogens with zero attached hydrogens (tertiary/aromatic N) is 2. The lowest BCUT2D eigenvalue weighted by Crippen LogP contribution is -2.51. The number of likely N-dealkylation sites (N-methyl/N-ethyl adjacent to an activating group) is 1. The van der Waals surface area contributed by atoms with Crippen LogP contribution in [0.25, 0.3) is 0 Å². The van der Waals surface area contributed by atoms with Crippen molar-refractivity contribution in [3.05, 3.63) is 59.4 Å². The van der Waals surface area contributed by atoms with E-state index in [9.17, 15) is 22.4 Å². The highest BCUT2D eigenvalue weighted by Gasteiger charge is 2.31. The van der Waals surface area contributed by atoms with E-state index in [2.05, 4.69) is 5.32 Å². The van der Waals surface area contributed by atoms with E-state index in [0.717, 1.165) is 16.1 Å². The van der Waals surface area contributed by atoms with Crippen molar-refractivity contribution in [2.75, 3.05) is 30.8 Å². The van der Waals surface area contributed by atoms with Crippen LogP contribution in [-0.2, 0) is 26.2 Å². The molecule has 0 unspecified atom stereocenters. The number of carbonyl (C=O) groups is 2. The molecule has 2 aromatic rings. The predicted molar refractivity (Wildman–Crippen MR) is 125 cm³/mol. The smallest absolute Gasteiger partial charge is 0.244 e. The summed E-state index contributed by atoms with van der Waals surface area (Å²) in [5.74, 6) is -1.35. The average Bonchev–Trinajstić information content (AvgIpc) is 2.75. The summed E-state index contributed by atoms with van der Waals surface area (Å²) >= 11 is 0. The first-order chi connectivity index (χ1) is 15.5. The molecule has 2 rings (SSSR count). The van der Waals surface area contributed by atoms with Crippen molar-refractivity contribution in [3.8, 4) is 5.75 Å². The van der Waals surface area contributed by atoms with E-state index >= 15 is 0 Å². The molecule has 0 aliphatic carbocycles. The van der Waals surface area contributed by atoms with Gasteiger partial charge in [-0.3, -0.25) is 13.9 Å². The number of amides is 2. The first kappa shape index (κ1) is 26.1. The van der Waals surface area contributed by atoms with Crippen molar-refractivity contribution in [2.24, 2.45) is 0 Å². The number of halogens is 1. The zero-order valence-electron chi connectivity index (χ0n) is 19.5. The average molecular weight is 480 g/mol. The molecule has 0 aliphatic heterocycles. The number of benzene rings is 2. The number of anilines is 1. The van der Waals surface area contributed by atoms with Crippen molar-refractivity contribution in [1.82, 2.24) is 10.2 Å². The number of carbonyl (C=O) groups excluding carboxylic acids is 2. The predicted octanol–water partition coefficient (Wildman–Crippen LogP) is 2.46. The van der Waals surface area contributed by atoms with Crippen molar-refractivity contribution < 1.29 is 27.1 Å². The topological polar surface area (TPSA) is 96.0 Å². The Balaban J connectivity index is 2.47. The van der Waals surface area contributed by atoms with Crippen LogP contribution in [0.4, 0.5) is 10.1 Å². The molecule has 2 amide bonds. The van der Waals surface area contributed by atoms with Crippen LogP contribution < -0.4 is 14.4 Å². The summed E-state index contributed by atoms with van der Waals surface area (Å²) in [4.78, 5) is 27.1. The Hall–Kier alpha value is -3.14. The van der Waals surface area contributed by atoms with Gasteiger partial charge in [0.2, 0.25) is 21.8 Å². The molecule has 0 radical (unpaired) electrons. The molecule has 8 nitrogen and oxygen atoms in total. The quantitative estimate of drug-likeness (QED) is 0.565. The Bertz CT molecular complexity index is 1110. The Morgan fingerprint density at radius 1 is 1.18 bits per heavy atom. The first-order valence-electron chi connectivity index (χ1n) is 10.4. The summed E-state index contributed by atoms with van der Waals surface area (Å²) in [6.07, 6.45) is 0.983. The minimum Gasteiger partial charge on any atom is -0.495 e. The van der Waals surface area contributed by atoms with Crippen LogP contribution in [0, 0.1) is 12.7 Å². The lowest BCUT2D eigenvalue weighted by atomic mass is 10.1. The Morgan fingerprint density at radius 3 is 2.42 bits per heavy atom. The fourth-order valence-electron chi connectivity index (χ4n) is 3.30. The summed E-state index contributed by atoms with van der Waals surface area (Å²) in [7, 11) is -2.50. The van der Waals surface area contributed by atoms with Crippen molar-refractivity contribution >= 4 is 27.5 Å². The Kier molecular flexibility index (Phi) is 8.81. The monoisotopic (exact) mass is 479 g/mol. The maximum Gasteiger partial charge on any atom is 0.244 e. The molecule has 2 aromatic carbocycles. The van der Waals surface area contributed by atoms with E-state index in [4.69, 9.17) is 4.74 Å². The Labute approximate surface area is 194 Å². The minimum absolute atomic E-state index is 0.199. The van der Waals surface area contributed by atoms with E-state index in [0.29, 0.717) is 6.54 Å². The molecule has 1 N–H and O–H groups in total. The van der Waals surface area contributed by atoms with Gasteiger partial charge >= 0.3 is 0 Å². The van der Waals surface area contributed by atoms with Crippen molar-refractivity contribution in [1.29, 1.82) is 0 Å². The number of aryl methyl sites for hydroxylation is 1. The van der Waals surface area contributed by atoms with Gasteiger partial charge in [-0.1, -0.05) is 24.3 Å². The van der Waals surface area contributed by atoms with Gasteiger partial charge in [0.05, 0.1) is 19.1 Å². The van der Waals surface area contributed by atoms with Gasteiger partial charge in [-0.2, -0.15) is 0 Å². The number of rotatable bonds is 10. The number of nitrogens with one attached hydrogen (secondary N) is 1. The second-order valence-corrected chi connectivity index (χ2v) is 9.54. The van der Waals surface area contributed by atoms with Gasteiger partial charge < -0.3 is 15.0 Å². The van der Waals surface area contributed by atoms with Gasteiger partial charge in [0.25, 0.3) is 0 Å². The molecule has 180 valence electrons. The highest BCUT2D eigenvalue weighted by molar-refractivity contribution is 7.92. The molecule has 0 aliphatic rings. The molecule has 0 aromatic heterocycles. The molecule has 0 fully saturated rings. The zero-order chi connectivity index (χ0) is 24.8. The maximum absolute atomic E-state index is 14.3. The summed E-state index contributed by atoms with van der Waals surface area (Å²) in [6, 6.07) is 9.92. The standard InChI is InChI=1S/C23H30FN3O5S/c1-6-25-23(29)17(3)26(14-18-9-7-8-10-19(18)24)22(28)15-27(33(5,30)31)20-13-16(2)11-12-21(20)32-4/h7-13,17H,6,14-15H2,1-5H3,(H,25,29)/t17-/m0/s1. The molecule has 0 heterocycles. The first-order valence-corrected chi connectivity index (χ1v) is 12.3. The van der Waals surface area contributed by atoms with E-state index in [1.54, 1.807) is 38.1 Å². The maximum atomic E-state index is 14.3. The van der Waals surface area contributed by atoms with Crippen LogP contribution >= 0.6 is 0 Å². The van der Waals surface area contributed by atoms with Crippen LogP contribution in [0.1, 0.15) is 25.0 Å². The minimum atomic E-state index is -3.90. The lowest BCUT2D eigenvalue weighted by molar-refractivity contribution is -0.139. The second kappa shape index (κ2) is 11.1. The van der Waals surface area contributed by atoms with Gasteiger partial charge in [-0.25, -0.2) is 12.8 Å². The summed E-state index contributed by atoms with van der Waals surface area (Å²) in [6.45, 7) is 4.60. The SMILES string of the molecule is CCNC(=O)[C@H](C)N(Cc1ccccc1F)C(=O)CN(c1cc(C)ccc1OC)S(C)(=O)=O. The fourth-order valence-corrected chi connectivity index (χ4v) is 4.15. The molecule has 1 atom stereocenters. The second-order valence-electron chi connectivity index (χ2n) is 7.63. The van der Waals surface area contributed by atoms with Crippen LogP contribution in [0.3, 0.4) is 0 Å². The van der Waals surface area contributed by atoms with E-state index < -0.39 is 40.2 Å². The molecule has 0 bridgehead atoms. The highest BCUT2D eigenvalue weighted by atomic mass is 32.2.